The lowest BCUT2D eigenvalue weighted by atomic mass is 9.86. The molecule has 2 aliphatic rings. The Labute approximate surface area is 176 Å². The van der Waals surface area contributed by atoms with Gasteiger partial charge in [0.1, 0.15) is 17.4 Å². The van der Waals surface area contributed by atoms with E-state index < -0.39 is 23.6 Å². The normalized spacial score (nSPS) is 26.4. The van der Waals surface area contributed by atoms with Crippen molar-refractivity contribution in [2.75, 3.05) is 13.1 Å². The molecule has 2 unspecified atom stereocenters. The standard InChI is InChI=1S/C21H31N5O4/c1-13(2)20(30)26-10-5-7-21(26)15(4)25(12-16(21)28)18(14(3)27)19(29)24-11-17-22-8-6-9-23-17/h6,8-9,13-15,18,27H,5,7,10-12H2,1-4H3,(H,24,29)/t14-,15?,18+,21?/m1/s1. The summed E-state index contributed by atoms with van der Waals surface area (Å²) in [6.45, 7) is 7.76. The summed E-state index contributed by atoms with van der Waals surface area (Å²) in [7, 11) is 0. The Balaban J connectivity index is 1.81. The van der Waals surface area contributed by atoms with Crippen LogP contribution in [-0.2, 0) is 20.9 Å². The zero-order chi connectivity index (χ0) is 22.1. The van der Waals surface area contributed by atoms with E-state index in [1.807, 2.05) is 20.8 Å². The van der Waals surface area contributed by atoms with Crippen LogP contribution < -0.4 is 5.32 Å². The van der Waals surface area contributed by atoms with Gasteiger partial charge in [0.25, 0.3) is 0 Å². The molecular formula is C21H31N5O4. The second-order valence-corrected chi connectivity index (χ2v) is 8.51. The highest BCUT2D eigenvalue weighted by molar-refractivity contribution is 5.98. The van der Waals surface area contributed by atoms with Crippen molar-refractivity contribution in [1.29, 1.82) is 0 Å². The first-order valence-electron chi connectivity index (χ1n) is 10.5. The van der Waals surface area contributed by atoms with Gasteiger partial charge in [-0.1, -0.05) is 13.8 Å². The minimum atomic E-state index is -0.997. The quantitative estimate of drug-likeness (QED) is 0.676. The van der Waals surface area contributed by atoms with Crippen molar-refractivity contribution in [2.45, 2.75) is 70.8 Å². The fourth-order valence-corrected chi connectivity index (χ4v) is 4.81. The zero-order valence-corrected chi connectivity index (χ0v) is 18.0. The minimum Gasteiger partial charge on any atom is -0.391 e. The van der Waals surface area contributed by atoms with Gasteiger partial charge in [0.05, 0.1) is 19.2 Å². The number of ketones is 1. The Bertz CT molecular complexity index is 800. The number of Topliss-reactive ketones (excluding diaryl/α,β-unsaturated/α-hetero) is 1. The average molecular weight is 418 g/mol. The lowest BCUT2D eigenvalue weighted by Crippen LogP contribution is -2.61. The van der Waals surface area contributed by atoms with Crippen molar-refractivity contribution in [1.82, 2.24) is 25.1 Å². The summed E-state index contributed by atoms with van der Waals surface area (Å²) >= 11 is 0. The Morgan fingerprint density at radius 3 is 2.57 bits per heavy atom. The number of carbonyl (C=O) groups is 3. The summed E-state index contributed by atoms with van der Waals surface area (Å²) < 4.78 is 0. The second kappa shape index (κ2) is 8.77. The third kappa shape index (κ3) is 3.83. The van der Waals surface area contributed by atoms with Crippen LogP contribution in [0.1, 0.15) is 46.4 Å². The van der Waals surface area contributed by atoms with Crippen LogP contribution in [0.15, 0.2) is 18.5 Å². The number of likely N-dealkylation sites (tertiary alicyclic amines) is 2. The molecule has 1 aromatic heterocycles. The summed E-state index contributed by atoms with van der Waals surface area (Å²) in [6.07, 6.45) is 3.51. The summed E-state index contributed by atoms with van der Waals surface area (Å²) in [5, 5.41) is 13.2. The van der Waals surface area contributed by atoms with Crippen LogP contribution in [0.4, 0.5) is 0 Å². The van der Waals surface area contributed by atoms with E-state index in [1.54, 1.807) is 28.3 Å². The molecule has 1 aromatic rings. The van der Waals surface area contributed by atoms with Crippen LogP contribution in [0.25, 0.3) is 0 Å². The lowest BCUT2D eigenvalue weighted by Gasteiger charge is -2.41. The first-order valence-corrected chi connectivity index (χ1v) is 10.5. The molecular weight excluding hydrogens is 386 g/mol. The maximum absolute atomic E-state index is 13.2. The Hall–Kier alpha value is -2.39. The molecule has 3 heterocycles. The summed E-state index contributed by atoms with van der Waals surface area (Å²) in [6, 6.07) is 0.393. The van der Waals surface area contributed by atoms with Gasteiger partial charge in [-0.3, -0.25) is 19.3 Å². The average Bonchev–Trinajstić information content (AvgIpc) is 3.25. The second-order valence-electron chi connectivity index (χ2n) is 8.51. The predicted octanol–water partition coefficient (Wildman–Crippen LogP) is 0.133. The molecule has 0 radical (unpaired) electrons. The molecule has 0 bridgehead atoms. The maximum atomic E-state index is 13.2. The summed E-state index contributed by atoms with van der Waals surface area (Å²) in [4.78, 5) is 50.6. The number of nitrogens with zero attached hydrogens (tertiary/aromatic N) is 4. The number of carbonyl (C=O) groups excluding carboxylic acids is 3. The highest BCUT2D eigenvalue weighted by Gasteiger charge is 2.60. The van der Waals surface area contributed by atoms with E-state index in [0.717, 1.165) is 6.42 Å². The first kappa shape index (κ1) is 22.3. The zero-order valence-electron chi connectivity index (χ0n) is 18.0. The van der Waals surface area contributed by atoms with Gasteiger partial charge in [-0.2, -0.15) is 0 Å². The lowest BCUT2D eigenvalue weighted by molar-refractivity contribution is -0.145. The van der Waals surface area contributed by atoms with Gasteiger partial charge in [0, 0.05) is 30.9 Å². The van der Waals surface area contributed by atoms with Gasteiger partial charge >= 0.3 is 0 Å². The molecule has 2 amide bonds. The number of amides is 2. The monoisotopic (exact) mass is 417 g/mol. The number of hydrogen-bond donors (Lipinski definition) is 2. The molecule has 0 aliphatic carbocycles. The SMILES string of the molecule is CC(C)C(=O)N1CCCC12C(=O)CN([C@H](C(=O)NCc1ncccn1)[C@@H](C)O)C2C. The number of aliphatic hydroxyl groups excluding tert-OH is 1. The highest BCUT2D eigenvalue weighted by Crippen LogP contribution is 2.42. The minimum absolute atomic E-state index is 0.0217. The number of rotatable bonds is 6. The Kier molecular flexibility index (Phi) is 6.52. The van der Waals surface area contributed by atoms with Crippen LogP contribution in [0.5, 0.6) is 0 Å². The molecule has 2 saturated heterocycles. The number of nitrogens with one attached hydrogen (secondary N) is 1. The van der Waals surface area contributed by atoms with Gasteiger partial charge in [0.2, 0.25) is 11.8 Å². The fourth-order valence-electron chi connectivity index (χ4n) is 4.81. The number of hydrogen-bond acceptors (Lipinski definition) is 7. The molecule has 2 fully saturated rings. The third-order valence-corrected chi connectivity index (χ3v) is 6.30. The van der Waals surface area contributed by atoms with E-state index in [0.29, 0.717) is 18.8 Å². The van der Waals surface area contributed by atoms with Crippen molar-refractivity contribution < 1.29 is 19.5 Å². The fraction of sp³-hybridized carbons (Fsp3) is 0.667. The smallest absolute Gasteiger partial charge is 0.240 e. The molecule has 0 aromatic carbocycles. The molecule has 2 N–H and O–H groups in total. The Morgan fingerprint density at radius 1 is 1.30 bits per heavy atom. The van der Waals surface area contributed by atoms with Gasteiger partial charge in [-0.15, -0.1) is 0 Å². The van der Waals surface area contributed by atoms with E-state index in [4.69, 9.17) is 0 Å². The molecule has 4 atom stereocenters. The van der Waals surface area contributed by atoms with Crippen LogP contribution in [0.3, 0.4) is 0 Å². The van der Waals surface area contributed by atoms with Crippen LogP contribution in [0, 0.1) is 5.92 Å². The molecule has 9 heteroatoms. The maximum Gasteiger partial charge on any atom is 0.240 e. The third-order valence-electron chi connectivity index (χ3n) is 6.30. The number of aromatic nitrogens is 2. The van der Waals surface area contributed by atoms with E-state index in [-0.39, 0.29) is 36.7 Å². The highest BCUT2D eigenvalue weighted by atomic mass is 16.3. The van der Waals surface area contributed by atoms with Crippen LogP contribution >= 0.6 is 0 Å². The molecule has 30 heavy (non-hydrogen) atoms. The van der Waals surface area contributed by atoms with Crippen LogP contribution in [-0.4, -0.2) is 79.3 Å². The molecule has 164 valence electrons. The van der Waals surface area contributed by atoms with E-state index >= 15 is 0 Å². The number of aliphatic hydroxyl groups is 1. The van der Waals surface area contributed by atoms with Crippen molar-refractivity contribution in [3.63, 3.8) is 0 Å². The molecule has 3 rings (SSSR count). The molecule has 0 saturated carbocycles. The Morgan fingerprint density at radius 2 is 1.97 bits per heavy atom. The van der Waals surface area contributed by atoms with Gasteiger partial charge in [0.15, 0.2) is 5.78 Å². The van der Waals surface area contributed by atoms with Gasteiger partial charge in [-0.25, -0.2) is 9.97 Å². The van der Waals surface area contributed by atoms with Crippen LogP contribution in [0.2, 0.25) is 0 Å². The molecule has 1 spiro atoms. The van der Waals surface area contributed by atoms with Crippen molar-refractivity contribution in [3.05, 3.63) is 24.3 Å². The van der Waals surface area contributed by atoms with E-state index in [2.05, 4.69) is 15.3 Å². The van der Waals surface area contributed by atoms with Gasteiger partial charge < -0.3 is 15.3 Å². The topological polar surface area (TPSA) is 116 Å². The van der Waals surface area contributed by atoms with Crippen molar-refractivity contribution in [2.24, 2.45) is 5.92 Å². The van der Waals surface area contributed by atoms with Gasteiger partial charge in [-0.05, 0) is 32.8 Å². The molecule has 2 aliphatic heterocycles. The first-order chi connectivity index (χ1) is 14.2. The van der Waals surface area contributed by atoms with E-state index in [1.165, 1.54) is 6.92 Å². The summed E-state index contributed by atoms with van der Waals surface area (Å²) in [5.41, 5.74) is -0.933. The summed E-state index contributed by atoms with van der Waals surface area (Å²) in [5.74, 6) is -0.258. The predicted molar refractivity (Wildman–Crippen MR) is 109 cm³/mol. The van der Waals surface area contributed by atoms with Crippen molar-refractivity contribution >= 4 is 17.6 Å². The largest absolute Gasteiger partial charge is 0.391 e. The van der Waals surface area contributed by atoms with E-state index in [9.17, 15) is 19.5 Å². The van der Waals surface area contributed by atoms with Crippen molar-refractivity contribution in [3.8, 4) is 0 Å². The molecule has 9 nitrogen and oxygen atoms in total.